The number of fused-ring (bicyclic) bond motifs is 1. The van der Waals surface area contributed by atoms with Crippen molar-refractivity contribution in [2.75, 3.05) is 5.32 Å². The number of amides is 1. The fourth-order valence-electron chi connectivity index (χ4n) is 1.53. The second kappa shape index (κ2) is 3.05. The van der Waals surface area contributed by atoms with Crippen molar-refractivity contribution < 1.29 is 4.79 Å². The molecule has 0 fully saturated rings. The summed E-state index contributed by atoms with van der Waals surface area (Å²) in [5.41, 5.74) is 3.18. The monoisotopic (exact) mass is 173 g/mol. The number of carbonyl (C=O) groups is 1. The zero-order valence-corrected chi connectivity index (χ0v) is 7.50. The minimum atomic E-state index is 0.0904. The summed E-state index contributed by atoms with van der Waals surface area (Å²) in [6, 6.07) is 6.03. The van der Waals surface area contributed by atoms with Crippen LogP contribution in [-0.2, 0) is 11.2 Å². The number of anilines is 1. The van der Waals surface area contributed by atoms with Gasteiger partial charge >= 0.3 is 0 Å². The molecule has 2 nitrogen and oxygen atoms in total. The van der Waals surface area contributed by atoms with Gasteiger partial charge in [0.1, 0.15) is 0 Å². The highest BCUT2D eigenvalue weighted by molar-refractivity contribution is 5.99. The van der Waals surface area contributed by atoms with Crippen LogP contribution >= 0.6 is 0 Å². The van der Waals surface area contributed by atoms with Gasteiger partial charge in [0.05, 0.1) is 6.42 Å². The first-order chi connectivity index (χ1) is 6.29. The number of carbonyl (C=O) groups excluding carboxylic acids is 1. The van der Waals surface area contributed by atoms with E-state index in [9.17, 15) is 4.79 Å². The van der Waals surface area contributed by atoms with E-state index in [1.165, 1.54) is 0 Å². The maximum atomic E-state index is 11.0. The first-order valence-corrected chi connectivity index (χ1v) is 4.35. The molecule has 0 saturated carbocycles. The van der Waals surface area contributed by atoms with Crippen LogP contribution in [0.3, 0.4) is 0 Å². The normalized spacial score (nSPS) is 14.7. The molecule has 0 bridgehead atoms. The van der Waals surface area contributed by atoms with Gasteiger partial charge in [0.2, 0.25) is 5.91 Å². The van der Waals surface area contributed by atoms with Crippen LogP contribution in [0.2, 0.25) is 0 Å². The van der Waals surface area contributed by atoms with E-state index >= 15 is 0 Å². The molecule has 13 heavy (non-hydrogen) atoms. The van der Waals surface area contributed by atoms with Crippen LogP contribution in [0, 0.1) is 0 Å². The molecule has 1 aromatic carbocycles. The lowest BCUT2D eigenvalue weighted by Crippen LogP contribution is -2.03. The third kappa shape index (κ3) is 1.47. The number of hydrogen-bond acceptors (Lipinski definition) is 1. The van der Waals surface area contributed by atoms with E-state index in [4.69, 9.17) is 0 Å². The highest BCUT2D eigenvalue weighted by atomic mass is 16.1. The lowest BCUT2D eigenvalue weighted by Gasteiger charge is -1.99. The van der Waals surface area contributed by atoms with Gasteiger partial charge in [-0.3, -0.25) is 4.79 Å². The minimum Gasteiger partial charge on any atom is -0.326 e. The lowest BCUT2D eigenvalue weighted by molar-refractivity contribution is -0.115. The predicted octanol–water partition coefficient (Wildman–Crippen LogP) is 2.21. The van der Waals surface area contributed by atoms with Crippen molar-refractivity contribution in [3.05, 3.63) is 35.4 Å². The molecule has 0 radical (unpaired) electrons. The molecule has 1 heterocycles. The predicted molar refractivity (Wildman–Crippen MR) is 53.5 cm³/mol. The maximum absolute atomic E-state index is 11.0. The van der Waals surface area contributed by atoms with E-state index in [-0.39, 0.29) is 5.91 Å². The van der Waals surface area contributed by atoms with Crippen molar-refractivity contribution in [3.8, 4) is 0 Å². The van der Waals surface area contributed by atoms with Gasteiger partial charge in [-0.2, -0.15) is 0 Å². The van der Waals surface area contributed by atoms with Gasteiger partial charge in [-0.1, -0.05) is 24.3 Å². The van der Waals surface area contributed by atoms with Gasteiger partial charge in [-0.05, 0) is 24.1 Å². The Hall–Kier alpha value is -1.57. The first-order valence-electron chi connectivity index (χ1n) is 4.35. The third-order valence-corrected chi connectivity index (χ3v) is 2.12. The molecule has 0 aromatic heterocycles. The van der Waals surface area contributed by atoms with E-state index in [2.05, 4.69) is 5.32 Å². The summed E-state index contributed by atoms with van der Waals surface area (Å²) in [6.07, 6.45) is 4.52. The van der Waals surface area contributed by atoms with Crippen molar-refractivity contribution in [1.29, 1.82) is 0 Å². The molecular weight excluding hydrogens is 162 g/mol. The van der Waals surface area contributed by atoms with Gasteiger partial charge in [-0.15, -0.1) is 0 Å². The standard InChI is InChI=1S/C11H11NO/c1-2-3-8-4-5-9-7-11(13)12-10(9)6-8/h2-6H,7H2,1H3,(H,12,13)/b3-2+. The van der Waals surface area contributed by atoms with Gasteiger partial charge in [0.15, 0.2) is 0 Å². The summed E-state index contributed by atoms with van der Waals surface area (Å²) in [7, 11) is 0. The molecule has 0 unspecified atom stereocenters. The Morgan fingerprint density at radius 1 is 1.46 bits per heavy atom. The average Bonchev–Trinajstić information content (AvgIpc) is 2.44. The zero-order chi connectivity index (χ0) is 9.26. The van der Waals surface area contributed by atoms with Crippen molar-refractivity contribution in [2.45, 2.75) is 13.3 Å². The van der Waals surface area contributed by atoms with Crippen molar-refractivity contribution in [2.24, 2.45) is 0 Å². The molecule has 2 rings (SSSR count). The molecule has 1 N–H and O–H groups in total. The number of benzene rings is 1. The Kier molecular flexibility index (Phi) is 1.89. The molecular formula is C11H11NO. The topological polar surface area (TPSA) is 29.1 Å². The maximum Gasteiger partial charge on any atom is 0.228 e. The SMILES string of the molecule is C/C=C/c1ccc2c(c1)NC(=O)C2. The second-order valence-corrected chi connectivity index (χ2v) is 3.14. The van der Waals surface area contributed by atoms with E-state index in [1.807, 2.05) is 37.3 Å². The summed E-state index contributed by atoms with van der Waals surface area (Å²) in [5.74, 6) is 0.0904. The summed E-state index contributed by atoms with van der Waals surface area (Å²) < 4.78 is 0. The second-order valence-electron chi connectivity index (χ2n) is 3.14. The lowest BCUT2D eigenvalue weighted by atomic mass is 10.1. The van der Waals surface area contributed by atoms with Crippen LogP contribution in [0.25, 0.3) is 6.08 Å². The van der Waals surface area contributed by atoms with Gasteiger partial charge < -0.3 is 5.32 Å². The van der Waals surface area contributed by atoms with E-state index in [0.29, 0.717) is 6.42 Å². The zero-order valence-electron chi connectivity index (χ0n) is 7.50. The molecule has 0 saturated heterocycles. The summed E-state index contributed by atoms with van der Waals surface area (Å²) >= 11 is 0. The minimum absolute atomic E-state index is 0.0904. The number of hydrogen-bond donors (Lipinski definition) is 1. The molecule has 1 aliphatic rings. The number of nitrogens with one attached hydrogen (secondary N) is 1. The van der Waals surface area contributed by atoms with E-state index in [1.54, 1.807) is 0 Å². The first kappa shape index (κ1) is 8.05. The Labute approximate surface area is 77.3 Å². The quantitative estimate of drug-likeness (QED) is 0.693. The fraction of sp³-hybridized carbons (Fsp3) is 0.182. The van der Waals surface area contributed by atoms with Crippen LogP contribution in [0.5, 0.6) is 0 Å². The van der Waals surface area contributed by atoms with Crippen molar-refractivity contribution >= 4 is 17.7 Å². The summed E-state index contributed by atoms with van der Waals surface area (Å²) in [4.78, 5) is 11.0. The summed E-state index contributed by atoms with van der Waals surface area (Å²) in [5, 5.41) is 2.82. The smallest absolute Gasteiger partial charge is 0.228 e. The average molecular weight is 173 g/mol. The highest BCUT2D eigenvalue weighted by Crippen LogP contribution is 2.24. The van der Waals surface area contributed by atoms with Crippen LogP contribution in [0.15, 0.2) is 24.3 Å². The molecule has 1 aliphatic heterocycles. The van der Waals surface area contributed by atoms with Crippen LogP contribution < -0.4 is 5.32 Å². The Morgan fingerprint density at radius 3 is 3.08 bits per heavy atom. The van der Waals surface area contributed by atoms with Crippen molar-refractivity contribution in [1.82, 2.24) is 0 Å². The Morgan fingerprint density at radius 2 is 2.31 bits per heavy atom. The van der Waals surface area contributed by atoms with Crippen LogP contribution in [0.4, 0.5) is 5.69 Å². The number of allylic oxidation sites excluding steroid dienone is 1. The van der Waals surface area contributed by atoms with Crippen molar-refractivity contribution in [3.63, 3.8) is 0 Å². The number of rotatable bonds is 1. The molecule has 0 atom stereocenters. The molecule has 0 aliphatic carbocycles. The van der Waals surface area contributed by atoms with Crippen LogP contribution in [-0.4, -0.2) is 5.91 Å². The summed E-state index contributed by atoms with van der Waals surface area (Å²) in [6.45, 7) is 1.98. The molecule has 1 aromatic rings. The van der Waals surface area contributed by atoms with Gasteiger partial charge in [-0.25, -0.2) is 0 Å². The molecule has 0 spiro atoms. The molecule has 66 valence electrons. The fourth-order valence-corrected chi connectivity index (χ4v) is 1.53. The Bertz CT molecular complexity index is 380. The van der Waals surface area contributed by atoms with Gasteiger partial charge in [0, 0.05) is 5.69 Å². The largest absolute Gasteiger partial charge is 0.326 e. The third-order valence-electron chi connectivity index (χ3n) is 2.12. The van der Waals surface area contributed by atoms with E-state index in [0.717, 1.165) is 16.8 Å². The molecule has 2 heteroatoms. The van der Waals surface area contributed by atoms with Gasteiger partial charge in [0.25, 0.3) is 0 Å². The highest BCUT2D eigenvalue weighted by Gasteiger charge is 2.16. The molecule has 1 amide bonds. The van der Waals surface area contributed by atoms with Crippen LogP contribution in [0.1, 0.15) is 18.1 Å². The van der Waals surface area contributed by atoms with E-state index < -0.39 is 0 Å². The Balaban J connectivity index is 2.39.